The van der Waals surface area contributed by atoms with E-state index in [1.165, 1.54) is 122 Å². The van der Waals surface area contributed by atoms with E-state index in [1.807, 2.05) is 0 Å². The van der Waals surface area contributed by atoms with Crippen molar-refractivity contribution in [1.29, 1.82) is 0 Å². The quantitative estimate of drug-likeness (QED) is 0.0377. The molecule has 0 aliphatic rings. The van der Waals surface area contributed by atoms with Gasteiger partial charge in [-0.2, -0.15) is 0 Å². The van der Waals surface area contributed by atoms with Crippen molar-refractivity contribution in [1.82, 2.24) is 0 Å². The summed E-state index contributed by atoms with van der Waals surface area (Å²) in [6.45, 7) is 3.71. The Kier molecular flexibility index (Phi) is 33.2. The lowest BCUT2D eigenvalue weighted by Crippen LogP contribution is -2.29. The highest BCUT2D eigenvalue weighted by Crippen LogP contribution is 2.43. The van der Waals surface area contributed by atoms with E-state index in [4.69, 9.17) is 24.3 Å². The molecule has 3 N–H and O–H groups in total. The van der Waals surface area contributed by atoms with E-state index in [2.05, 4.69) is 13.8 Å². The summed E-state index contributed by atoms with van der Waals surface area (Å²) in [4.78, 5) is 34.6. The molecule has 0 aromatic carbocycles. The molecule has 10 heteroatoms. The molecule has 0 spiro atoms. The average molecular weight is 678 g/mol. The maximum Gasteiger partial charge on any atom is 0.472 e. The number of esters is 2. The number of phosphoric ester groups is 1. The standard InChI is InChI=1S/C36H72NO8P/c1-3-5-7-9-11-13-14-15-16-17-18-19-20-21-23-25-27-29-36(39)45-34(33-44-46(40,41)43-31-30-37)32-42-35(38)28-26-24-22-12-10-8-6-4-2/h34H,3-33,37H2,1-2H3,(H,40,41). The zero-order valence-electron chi connectivity index (χ0n) is 29.8. The van der Waals surface area contributed by atoms with Gasteiger partial charge in [0.25, 0.3) is 0 Å². The van der Waals surface area contributed by atoms with Crippen molar-refractivity contribution in [3.8, 4) is 0 Å². The minimum atomic E-state index is -4.36. The third kappa shape index (κ3) is 32.9. The van der Waals surface area contributed by atoms with Crippen molar-refractivity contribution in [3.05, 3.63) is 0 Å². The van der Waals surface area contributed by atoms with Gasteiger partial charge in [0.2, 0.25) is 0 Å². The van der Waals surface area contributed by atoms with Crippen molar-refractivity contribution in [2.75, 3.05) is 26.4 Å². The third-order valence-corrected chi connectivity index (χ3v) is 9.23. The van der Waals surface area contributed by atoms with Crippen molar-refractivity contribution < 1.29 is 37.6 Å². The predicted octanol–water partition coefficient (Wildman–Crippen LogP) is 10.1. The predicted molar refractivity (Wildman–Crippen MR) is 188 cm³/mol. The number of carbonyl (C=O) groups excluding carboxylic acids is 2. The van der Waals surface area contributed by atoms with E-state index in [1.54, 1.807) is 0 Å². The van der Waals surface area contributed by atoms with Crippen molar-refractivity contribution >= 4 is 19.8 Å². The molecule has 0 heterocycles. The topological polar surface area (TPSA) is 134 Å². The van der Waals surface area contributed by atoms with Crippen LogP contribution in [0.15, 0.2) is 0 Å². The monoisotopic (exact) mass is 677 g/mol. The van der Waals surface area contributed by atoms with Gasteiger partial charge in [-0.1, -0.05) is 162 Å². The number of hydrogen-bond donors (Lipinski definition) is 2. The Labute approximate surface area is 282 Å². The van der Waals surface area contributed by atoms with Gasteiger partial charge in [-0.25, -0.2) is 4.57 Å². The average Bonchev–Trinajstić information content (AvgIpc) is 3.04. The molecule has 0 radical (unpaired) electrons. The van der Waals surface area contributed by atoms with E-state index < -0.39 is 26.5 Å². The van der Waals surface area contributed by atoms with Crippen LogP contribution in [0.25, 0.3) is 0 Å². The normalized spacial score (nSPS) is 13.4. The summed E-state index contributed by atoms with van der Waals surface area (Å²) < 4.78 is 32.6. The highest BCUT2D eigenvalue weighted by atomic mass is 31.2. The molecule has 274 valence electrons. The molecule has 0 aliphatic heterocycles. The molecule has 0 aromatic rings. The molecule has 0 bridgehead atoms. The number of hydrogen-bond acceptors (Lipinski definition) is 8. The lowest BCUT2D eigenvalue weighted by atomic mass is 10.0. The van der Waals surface area contributed by atoms with Crippen LogP contribution in [0.5, 0.6) is 0 Å². The molecule has 9 nitrogen and oxygen atoms in total. The molecular weight excluding hydrogens is 605 g/mol. The maximum absolute atomic E-state index is 12.5. The Balaban J connectivity index is 4.12. The molecule has 0 saturated heterocycles. The van der Waals surface area contributed by atoms with Crippen LogP contribution in [-0.4, -0.2) is 49.3 Å². The first-order chi connectivity index (χ1) is 22.3. The third-order valence-electron chi connectivity index (χ3n) is 8.24. The summed E-state index contributed by atoms with van der Waals surface area (Å²) in [5.74, 6) is -0.823. The van der Waals surface area contributed by atoms with Gasteiger partial charge in [0, 0.05) is 19.4 Å². The molecule has 0 fully saturated rings. The Morgan fingerprint density at radius 3 is 1.33 bits per heavy atom. The number of carbonyl (C=O) groups is 2. The highest BCUT2D eigenvalue weighted by Gasteiger charge is 2.25. The summed E-state index contributed by atoms with van der Waals surface area (Å²) in [5, 5.41) is 0. The molecular formula is C36H72NO8P. The molecule has 0 rings (SSSR count). The number of phosphoric acid groups is 1. The van der Waals surface area contributed by atoms with Crippen LogP contribution in [0.3, 0.4) is 0 Å². The molecule has 0 aromatic heterocycles. The summed E-state index contributed by atoms with van der Waals surface area (Å²) in [5.41, 5.74) is 5.32. The summed E-state index contributed by atoms with van der Waals surface area (Å²) in [7, 11) is -4.36. The zero-order valence-corrected chi connectivity index (χ0v) is 30.7. The Bertz CT molecular complexity index is 739. The largest absolute Gasteiger partial charge is 0.472 e. The lowest BCUT2D eigenvalue weighted by Gasteiger charge is -2.19. The first-order valence-corrected chi connectivity index (χ1v) is 20.5. The molecule has 2 atom stereocenters. The first-order valence-electron chi connectivity index (χ1n) is 19.0. The van der Waals surface area contributed by atoms with Gasteiger partial charge in [0.1, 0.15) is 6.61 Å². The number of nitrogens with two attached hydrogens (primary N) is 1. The van der Waals surface area contributed by atoms with E-state index in [0.717, 1.165) is 32.1 Å². The van der Waals surface area contributed by atoms with Crippen LogP contribution in [0.1, 0.15) is 187 Å². The van der Waals surface area contributed by atoms with Crippen molar-refractivity contribution in [2.45, 2.75) is 193 Å². The fourth-order valence-electron chi connectivity index (χ4n) is 5.40. The van der Waals surface area contributed by atoms with E-state index in [0.29, 0.717) is 6.42 Å². The van der Waals surface area contributed by atoms with Crippen LogP contribution >= 0.6 is 7.82 Å². The zero-order chi connectivity index (χ0) is 34.0. The van der Waals surface area contributed by atoms with Crippen molar-refractivity contribution in [2.24, 2.45) is 5.73 Å². The molecule has 0 aliphatic carbocycles. The van der Waals surface area contributed by atoms with Gasteiger partial charge < -0.3 is 20.1 Å². The van der Waals surface area contributed by atoms with Crippen LogP contribution < -0.4 is 5.73 Å². The fourth-order valence-corrected chi connectivity index (χ4v) is 6.16. The maximum atomic E-state index is 12.5. The first kappa shape index (κ1) is 45.0. The van der Waals surface area contributed by atoms with Gasteiger partial charge in [0.05, 0.1) is 13.2 Å². The van der Waals surface area contributed by atoms with Gasteiger partial charge in [-0.05, 0) is 12.8 Å². The van der Waals surface area contributed by atoms with Gasteiger partial charge >= 0.3 is 19.8 Å². The number of unbranched alkanes of at least 4 members (excludes halogenated alkanes) is 23. The number of rotatable bonds is 36. The fraction of sp³-hybridized carbons (Fsp3) is 0.944. The Hall–Kier alpha value is -0.990. The SMILES string of the molecule is CCCCCCCCCCCCCCCCCCCC(=O)OC(COC(=O)CCCCCCCCCC)COP(=O)(O)OCCN. The lowest BCUT2D eigenvalue weighted by molar-refractivity contribution is -0.161. The second-order valence-electron chi connectivity index (χ2n) is 12.8. The Morgan fingerprint density at radius 1 is 0.565 bits per heavy atom. The second kappa shape index (κ2) is 33.9. The van der Waals surface area contributed by atoms with E-state index in [-0.39, 0.29) is 38.6 Å². The van der Waals surface area contributed by atoms with Crippen LogP contribution in [-0.2, 0) is 32.7 Å². The summed E-state index contributed by atoms with van der Waals surface area (Å²) in [6.07, 6.45) is 30.0. The van der Waals surface area contributed by atoms with Crippen molar-refractivity contribution in [3.63, 3.8) is 0 Å². The van der Waals surface area contributed by atoms with Gasteiger partial charge in [-0.15, -0.1) is 0 Å². The van der Waals surface area contributed by atoms with Crippen LogP contribution in [0.4, 0.5) is 0 Å². The summed E-state index contributed by atoms with van der Waals surface area (Å²) in [6, 6.07) is 0. The highest BCUT2D eigenvalue weighted by molar-refractivity contribution is 7.47. The molecule has 2 unspecified atom stereocenters. The van der Waals surface area contributed by atoms with Crippen LogP contribution in [0.2, 0.25) is 0 Å². The molecule has 0 saturated carbocycles. The van der Waals surface area contributed by atoms with E-state index in [9.17, 15) is 19.0 Å². The van der Waals surface area contributed by atoms with Gasteiger partial charge in [-0.3, -0.25) is 18.6 Å². The van der Waals surface area contributed by atoms with E-state index >= 15 is 0 Å². The molecule has 46 heavy (non-hydrogen) atoms. The van der Waals surface area contributed by atoms with Crippen LogP contribution in [0, 0.1) is 0 Å². The molecule has 0 amide bonds. The van der Waals surface area contributed by atoms with Gasteiger partial charge in [0.15, 0.2) is 6.10 Å². The summed E-state index contributed by atoms with van der Waals surface area (Å²) >= 11 is 0. The second-order valence-corrected chi connectivity index (χ2v) is 14.3. The smallest absolute Gasteiger partial charge is 0.462 e. The minimum absolute atomic E-state index is 0.0576. The Morgan fingerprint density at radius 2 is 0.935 bits per heavy atom. The number of ether oxygens (including phenoxy) is 2. The minimum Gasteiger partial charge on any atom is -0.462 e.